The topological polar surface area (TPSA) is 38.0 Å². The maximum absolute atomic E-state index is 5.93. The predicted molar refractivity (Wildman–Crippen MR) is 63.0 cm³/mol. The monoisotopic (exact) mass is 232 g/mol. The van der Waals surface area contributed by atoms with E-state index in [1.54, 1.807) is 0 Å². The first-order valence-electron chi connectivity index (χ1n) is 4.54. The Balaban J connectivity index is 3.00. The molecule has 3 N–H and O–H groups in total. The van der Waals surface area contributed by atoms with Crippen LogP contribution in [0.5, 0.6) is 0 Å². The van der Waals surface area contributed by atoms with Gasteiger partial charge in [0.2, 0.25) is 0 Å². The summed E-state index contributed by atoms with van der Waals surface area (Å²) in [4.78, 5) is 0. The van der Waals surface area contributed by atoms with Crippen LogP contribution in [-0.4, -0.2) is 6.54 Å². The lowest BCUT2D eigenvalue weighted by Gasteiger charge is -2.14. The van der Waals surface area contributed by atoms with Crippen molar-refractivity contribution >= 4 is 28.9 Å². The molecule has 1 unspecified atom stereocenters. The van der Waals surface area contributed by atoms with E-state index in [-0.39, 0.29) is 6.04 Å². The molecule has 1 aromatic rings. The Kier molecular flexibility index (Phi) is 4.05. The second-order valence-corrected chi connectivity index (χ2v) is 3.99. The molecule has 1 aromatic carbocycles. The molecule has 0 aliphatic rings. The number of anilines is 1. The van der Waals surface area contributed by atoms with Crippen LogP contribution in [0.3, 0.4) is 0 Å². The molecule has 0 bridgehead atoms. The minimum absolute atomic E-state index is 0.232. The minimum atomic E-state index is 0.232. The highest BCUT2D eigenvalue weighted by Crippen LogP contribution is 2.30. The van der Waals surface area contributed by atoms with Gasteiger partial charge in [0, 0.05) is 6.04 Å². The molecule has 0 fully saturated rings. The zero-order valence-electron chi connectivity index (χ0n) is 8.27. The fourth-order valence-corrected chi connectivity index (χ4v) is 1.78. The number of rotatable bonds is 3. The van der Waals surface area contributed by atoms with Gasteiger partial charge < -0.3 is 11.1 Å². The van der Waals surface area contributed by atoms with Crippen molar-refractivity contribution in [1.82, 2.24) is 5.32 Å². The van der Waals surface area contributed by atoms with Gasteiger partial charge in [-0.3, -0.25) is 0 Å². The third-order valence-corrected chi connectivity index (χ3v) is 2.74. The van der Waals surface area contributed by atoms with Crippen molar-refractivity contribution in [3.05, 3.63) is 27.7 Å². The highest BCUT2D eigenvalue weighted by molar-refractivity contribution is 6.38. The Morgan fingerprint density at radius 2 is 1.86 bits per heavy atom. The Morgan fingerprint density at radius 1 is 1.36 bits per heavy atom. The summed E-state index contributed by atoms with van der Waals surface area (Å²) in [6.45, 7) is 5.01. The van der Waals surface area contributed by atoms with Gasteiger partial charge in [0.15, 0.2) is 0 Å². The van der Waals surface area contributed by atoms with Crippen LogP contribution < -0.4 is 11.1 Å². The molecule has 0 aliphatic carbocycles. The van der Waals surface area contributed by atoms with Crippen molar-refractivity contribution in [3.63, 3.8) is 0 Å². The first-order chi connectivity index (χ1) is 6.56. The van der Waals surface area contributed by atoms with E-state index in [1.165, 1.54) is 0 Å². The van der Waals surface area contributed by atoms with Crippen LogP contribution in [0.25, 0.3) is 0 Å². The predicted octanol–water partition coefficient (Wildman–Crippen LogP) is 3.25. The average molecular weight is 233 g/mol. The van der Waals surface area contributed by atoms with Gasteiger partial charge in [-0.25, -0.2) is 0 Å². The van der Waals surface area contributed by atoms with Crippen LogP contribution in [-0.2, 0) is 0 Å². The second-order valence-electron chi connectivity index (χ2n) is 3.18. The normalized spacial score (nSPS) is 12.9. The van der Waals surface area contributed by atoms with E-state index in [2.05, 4.69) is 19.2 Å². The van der Waals surface area contributed by atoms with Crippen molar-refractivity contribution in [2.45, 2.75) is 19.9 Å². The van der Waals surface area contributed by atoms with Crippen molar-refractivity contribution in [2.24, 2.45) is 0 Å². The molecule has 4 heteroatoms. The molecule has 1 rings (SSSR count). The van der Waals surface area contributed by atoms with E-state index in [0.29, 0.717) is 15.7 Å². The van der Waals surface area contributed by atoms with E-state index in [9.17, 15) is 0 Å². The lowest BCUT2D eigenvalue weighted by molar-refractivity contribution is 0.598. The third-order valence-electron chi connectivity index (χ3n) is 2.11. The summed E-state index contributed by atoms with van der Waals surface area (Å²) in [5.41, 5.74) is 7.14. The highest BCUT2D eigenvalue weighted by atomic mass is 35.5. The number of hydrogen-bond acceptors (Lipinski definition) is 2. The molecule has 0 radical (unpaired) electrons. The van der Waals surface area contributed by atoms with Crippen LogP contribution in [0.1, 0.15) is 25.5 Å². The number of benzene rings is 1. The van der Waals surface area contributed by atoms with Gasteiger partial charge in [-0.2, -0.15) is 0 Å². The summed E-state index contributed by atoms with van der Waals surface area (Å²) in [5.74, 6) is 0. The second kappa shape index (κ2) is 4.87. The molecule has 14 heavy (non-hydrogen) atoms. The molecule has 0 saturated heterocycles. The summed E-state index contributed by atoms with van der Waals surface area (Å²) in [7, 11) is 0. The lowest BCUT2D eigenvalue weighted by Crippen LogP contribution is -2.17. The first-order valence-corrected chi connectivity index (χ1v) is 5.29. The zero-order valence-corrected chi connectivity index (χ0v) is 9.78. The minimum Gasteiger partial charge on any atom is -0.396 e. The Bertz CT molecular complexity index is 303. The third kappa shape index (κ3) is 2.53. The molecule has 0 saturated carbocycles. The molecular weight excluding hydrogens is 219 g/mol. The highest BCUT2D eigenvalue weighted by Gasteiger charge is 2.09. The maximum atomic E-state index is 5.93. The number of nitrogens with one attached hydrogen (secondary N) is 1. The lowest BCUT2D eigenvalue weighted by atomic mass is 10.1. The van der Waals surface area contributed by atoms with Gasteiger partial charge in [0.1, 0.15) is 0 Å². The maximum Gasteiger partial charge on any atom is 0.0693 e. The van der Waals surface area contributed by atoms with E-state index < -0.39 is 0 Å². The van der Waals surface area contributed by atoms with Gasteiger partial charge in [0.05, 0.1) is 15.7 Å². The van der Waals surface area contributed by atoms with Gasteiger partial charge in [-0.15, -0.1) is 0 Å². The Hall–Kier alpha value is -0.440. The largest absolute Gasteiger partial charge is 0.396 e. The molecule has 78 valence electrons. The van der Waals surface area contributed by atoms with Crippen LogP contribution in [0.2, 0.25) is 10.0 Å². The average Bonchev–Trinajstić information content (AvgIpc) is 2.13. The molecule has 0 amide bonds. The fourth-order valence-electron chi connectivity index (χ4n) is 1.28. The van der Waals surface area contributed by atoms with Crippen molar-refractivity contribution in [1.29, 1.82) is 0 Å². The summed E-state index contributed by atoms with van der Waals surface area (Å²) < 4.78 is 0. The number of hydrogen-bond donors (Lipinski definition) is 2. The molecular formula is C10H14Cl2N2. The Labute approximate surface area is 94.4 Å². The van der Waals surface area contributed by atoms with Crippen LogP contribution in [0.15, 0.2) is 12.1 Å². The van der Waals surface area contributed by atoms with Gasteiger partial charge in [-0.05, 0) is 31.2 Å². The molecule has 0 spiro atoms. The van der Waals surface area contributed by atoms with E-state index in [0.717, 1.165) is 12.1 Å². The quantitative estimate of drug-likeness (QED) is 0.786. The molecule has 2 nitrogen and oxygen atoms in total. The summed E-state index contributed by atoms with van der Waals surface area (Å²) in [6.07, 6.45) is 0. The van der Waals surface area contributed by atoms with E-state index in [1.807, 2.05) is 12.1 Å². The van der Waals surface area contributed by atoms with Crippen molar-refractivity contribution in [2.75, 3.05) is 12.3 Å². The smallest absolute Gasteiger partial charge is 0.0693 e. The summed E-state index contributed by atoms with van der Waals surface area (Å²) >= 11 is 11.9. The standard InChI is InChI=1S/C10H14Cl2N2/c1-3-14-6(2)7-4-8(11)10(13)9(12)5-7/h4-6,14H,3,13H2,1-2H3. The SMILES string of the molecule is CCNC(C)c1cc(Cl)c(N)c(Cl)c1. The van der Waals surface area contributed by atoms with E-state index in [4.69, 9.17) is 28.9 Å². The van der Waals surface area contributed by atoms with Crippen LogP contribution in [0, 0.1) is 0 Å². The van der Waals surface area contributed by atoms with Crippen molar-refractivity contribution < 1.29 is 0 Å². The van der Waals surface area contributed by atoms with Crippen LogP contribution >= 0.6 is 23.2 Å². The molecule has 0 heterocycles. The number of nitrogens with two attached hydrogens (primary N) is 1. The molecule has 0 aromatic heterocycles. The zero-order chi connectivity index (χ0) is 10.7. The first kappa shape index (κ1) is 11.6. The number of halogens is 2. The fraction of sp³-hybridized carbons (Fsp3) is 0.400. The van der Waals surface area contributed by atoms with Crippen LogP contribution in [0.4, 0.5) is 5.69 Å². The summed E-state index contributed by atoms with van der Waals surface area (Å²) in [6, 6.07) is 3.92. The molecule has 1 atom stereocenters. The molecule has 0 aliphatic heterocycles. The summed E-state index contributed by atoms with van der Waals surface area (Å²) in [5, 5.41) is 4.30. The van der Waals surface area contributed by atoms with Crippen molar-refractivity contribution in [3.8, 4) is 0 Å². The van der Waals surface area contributed by atoms with Gasteiger partial charge in [0.25, 0.3) is 0 Å². The van der Waals surface area contributed by atoms with Gasteiger partial charge >= 0.3 is 0 Å². The Morgan fingerprint density at radius 3 is 2.29 bits per heavy atom. The van der Waals surface area contributed by atoms with E-state index >= 15 is 0 Å². The number of nitrogen functional groups attached to an aromatic ring is 1. The van der Waals surface area contributed by atoms with Gasteiger partial charge in [-0.1, -0.05) is 30.1 Å².